The normalized spacial score (nSPS) is 22.4. The minimum absolute atomic E-state index is 0.176. The summed E-state index contributed by atoms with van der Waals surface area (Å²) in [6.45, 7) is 8.27. The molecule has 156 valence electrons. The van der Waals surface area contributed by atoms with Gasteiger partial charge in [-0.25, -0.2) is 4.79 Å². The Morgan fingerprint density at radius 3 is 2.57 bits per heavy atom. The SMILES string of the molecule is CCOC(=O)N1CCC(N2CCN(CCc3ccccc3)[C@H](CCO)C2)CC1. The van der Waals surface area contributed by atoms with Crippen molar-refractivity contribution in [2.45, 2.75) is 44.7 Å². The molecule has 28 heavy (non-hydrogen) atoms. The molecular formula is C22H35N3O3. The summed E-state index contributed by atoms with van der Waals surface area (Å²) in [4.78, 5) is 18.9. The highest BCUT2D eigenvalue weighted by atomic mass is 16.6. The highest BCUT2D eigenvalue weighted by Crippen LogP contribution is 2.22. The van der Waals surface area contributed by atoms with Gasteiger partial charge in [-0.05, 0) is 38.2 Å². The van der Waals surface area contributed by atoms with Crippen LogP contribution >= 0.6 is 0 Å². The van der Waals surface area contributed by atoms with E-state index in [-0.39, 0.29) is 12.7 Å². The second kappa shape index (κ2) is 10.8. The zero-order valence-electron chi connectivity index (χ0n) is 17.1. The largest absolute Gasteiger partial charge is 0.450 e. The smallest absolute Gasteiger partial charge is 0.409 e. The van der Waals surface area contributed by atoms with Crippen molar-refractivity contribution in [3.8, 4) is 0 Å². The van der Waals surface area contributed by atoms with Crippen molar-refractivity contribution in [3.05, 3.63) is 35.9 Å². The van der Waals surface area contributed by atoms with Gasteiger partial charge < -0.3 is 14.7 Å². The van der Waals surface area contributed by atoms with Crippen LogP contribution in [-0.2, 0) is 11.2 Å². The summed E-state index contributed by atoms with van der Waals surface area (Å²) in [5.74, 6) is 0. The highest BCUT2D eigenvalue weighted by molar-refractivity contribution is 5.67. The molecule has 6 heteroatoms. The molecule has 2 aliphatic heterocycles. The van der Waals surface area contributed by atoms with Crippen LogP contribution in [0.15, 0.2) is 30.3 Å². The molecule has 0 spiro atoms. The monoisotopic (exact) mass is 389 g/mol. The van der Waals surface area contributed by atoms with Crippen LogP contribution in [0.5, 0.6) is 0 Å². The Balaban J connectivity index is 1.49. The van der Waals surface area contributed by atoms with Crippen LogP contribution < -0.4 is 0 Å². The maximum Gasteiger partial charge on any atom is 0.409 e. The number of ether oxygens (including phenoxy) is 1. The molecule has 1 atom stereocenters. The van der Waals surface area contributed by atoms with Gasteiger partial charge in [-0.3, -0.25) is 9.80 Å². The fourth-order valence-corrected chi connectivity index (χ4v) is 4.51. The van der Waals surface area contributed by atoms with Gasteiger partial charge in [-0.1, -0.05) is 30.3 Å². The number of rotatable bonds is 7. The van der Waals surface area contributed by atoms with E-state index in [1.54, 1.807) is 0 Å². The molecule has 0 aromatic heterocycles. The van der Waals surface area contributed by atoms with Crippen molar-refractivity contribution < 1.29 is 14.6 Å². The first-order valence-electron chi connectivity index (χ1n) is 10.8. The van der Waals surface area contributed by atoms with Crippen LogP contribution in [0.4, 0.5) is 4.79 Å². The van der Waals surface area contributed by atoms with Crippen LogP contribution in [0.1, 0.15) is 31.7 Å². The van der Waals surface area contributed by atoms with E-state index in [9.17, 15) is 9.90 Å². The lowest BCUT2D eigenvalue weighted by molar-refractivity contribution is 0.0160. The van der Waals surface area contributed by atoms with Crippen molar-refractivity contribution in [3.63, 3.8) is 0 Å². The van der Waals surface area contributed by atoms with Crippen molar-refractivity contribution in [2.75, 3.05) is 52.5 Å². The minimum Gasteiger partial charge on any atom is -0.450 e. The third kappa shape index (κ3) is 5.69. The van der Waals surface area contributed by atoms with E-state index in [2.05, 4.69) is 40.1 Å². The Morgan fingerprint density at radius 1 is 1.14 bits per heavy atom. The molecule has 2 aliphatic rings. The maximum atomic E-state index is 11.9. The number of likely N-dealkylation sites (tertiary alicyclic amines) is 1. The molecule has 1 aromatic carbocycles. The van der Waals surface area contributed by atoms with Crippen LogP contribution in [-0.4, -0.2) is 90.5 Å². The average Bonchev–Trinajstić information content (AvgIpc) is 2.74. The number of hydrogen-bond donors (Lipinski definition) is 1. The van der Waals surface area contributed by atoms with E-state index >= 15 is 0 Å². The number of aliphatic hydroxyl groups excluding tert-OH is 1. The standard InChI is InChI=1S/C22H35N3O3/c1-2-28-22(27)24-13-9-20(10-14-24)25-16-15-23(21(18-25)11-17-26)12-8-19-6-4-3-5-7-19/h3-7,20-21,26H,2,8-18H2,1H3/t21-/m1/s1. The van der Waals surface area contributed by atoms with Gasteiger partial charge in [-0.2, -0.15) is 0 Å². The van der Waals surface area contributed by atoms with Crippen molar-refractivity contribution in [1.82, 2.24) is 14.7 Å². The second-order valence-electron chi connectivity index (χ2n) is 7.85. The highest BCUT2D eigenvalue weighted by Gasteiger charge is 2.33. The third-order valence-corrected chi connectivity index (χ3v) is 6.14. The molecule has 6 nitrogen and oxygen atoms in total. The lowest BCUT2D eigenvalue weighted by Crippen LogP contribution is -2.58. The third-order valence-electron chi connectivity index (χ3n) is 6.14. The molecule has 2 heterocycles. The predicted molar refractivity (Wildman–Crippen MR) is 110 cm³/mol. The van der Waals surface area contributed by atoms with Gasteiger partial charge in [0.25, 0.3) is 0 Å². The number of carbonyl (C=O) groups is 1. The van der Waals surface area contributed by atoms with Crippen LogP contribution in [0, 0.1) is 0 Å². The first kappa shape index (κ1) is 21.1. The number of piperidine rings is 1. The van der Waals surface area contributed by atoms with Gasteiger partial charge in [0.05, 0.1) is 6.61 Å². The average molecular weight is 390 g/mol. The second-order valence-corrected chi connectivity index (χ2v) is 7.85. The zero-order chi connectivity index (χ0) is 19.8. The fraction of sp³-hybridized carbons (Fsp3) is 0.682. The van der Waals surface area contributed by atoms with Crippen molar-refractivity contribution >= 4 is 6.09 Å². The molecule has 0 radical (unpaired) electrons. The molecule has 0 bridgehead atoms. The summed E-state index contributed by atoms with van der Waals surface area (Å²) < 4.78 is 5.13. The zero-order valence-corrected chi connectivity index (χ0v) is 17.1. The molecule has 1 amide bonds. The van der Waals surface area contributed by atoms with Gasteiger partial charge in [0, 0.05) is 58.0 Å². The summed E-state index contributed by atoms with van der Waals surface area (Å²) in [6, 6.07) is 11.6. The van der Waals surface area contributed by atoms with Crippen LogP contribution in [0.2, 0.25) is 0 Å². The summed E-state index contributed by atoms with van der Waals surface area (Å²) >= 11 is 0. The van der Waals surface area contributed by atoms with Gasteiger partial charge in [0.15, 0.2) is 0 Å². The molecule has 2 saturated heterocycles. The molecule has 0 aliphatic carbocycles. The quantitative estimate of drug-likeness (QED) is 0.775. The van der Waals surface area contributed by atoms with E-state index in [0.717, 1.165) is 65.0 Å². The minimum atomic E-state index is -0.176. The molecular weight excluding hydrogens is 354 g/mol. The molecule has 2 fully saturated rings. The fourth-order valence-electron chi connectivity index (χ4n) is 4.51. The molecule has 1 N–H and O–H groups in total. The van der Waals surface area contributed by atoms with Gasteiger partial charge >= 0.3 is 6.09 Å². The number of amides is 1. The number of nitrogens with zero attached hydrogens (tertiary/aromatic N) is 3. The molecule has 1 aromatic rings. The Hall–Kier alpha value is -1.63. The Bertz CT molecular complexity index is 590. The Labute approximate surface area is 169 Å². The first-order chi connectivity index (χ1) is 13.7. The number of hydrogen-bond acceptors (Lipinski definition) is 5. The summed E-state index contributed by atoms with van der Waals surface area (Å²) in [7, 11) is 0. The van der Waals surface area contributed by atoms with Crippen LogP contribution in [0.25, 0.3) is 0 Å². The molecule has 0 unspecified atom stereocenters. The Kier molecular flexibility index (Phi) is 8.13. The molecule has 0 saturated carbocycles. The van der Waals surface area contributed by atoms with E-state index < -0.39 is 0 Å². The van der Waals surface area contributed by atoms with Crippen molar-refractivity contribution in [1.29, 1.82) is 0 Å². The number of carbonyl (C=O) groups excluding carboxylic acids is 1. The number of aliphatic hydroxyl groups is 1. The van der Waals surface area contributed by atoms with Crippen LogP contribution in [0.3, 0.4) is 0 Å². The summed E-state index contributed by atoms with van der Waals surface area (Å²) in [6.07, 6.45) is 3.72. The topological polar surface area (TPSA) is 56.2 Å². The van der Waals surface area contributed by atoms with E-state index in [0.29, 0.717) is 18.7 Å². The first-order valence-corrected chi connectivity index (χ1v) is 10.8. The summed E-state index contributed by atoms with van der Waals surface area (Å²) in [5.41, 5.74) is 1.37. The van der Waals surface area contributed by atoms with Crippen molar-refractivity contribution in [2.24, 2.45) is 0 Å². The molecule has 3 rings (SSSR count). The predicted octanol–water partition coefficient (Wildman–Crippen LogP) is 2.22. The maximum absolute atomic E-state index is 11.9. The number of benzene rings is 1. The van der Waals surface area contributed by atoms with E-state index in [1.165, 1.54) is 5.56 Å². The van der Waals surface area contributed by atoms with Gasteiger partial charge in [0.1, 0.15) is 0 Å². The van der Waals surface area contributed by atoms with E-state index in [1.807, 2.05) is 11.8 Å². The van der Waals surface area contributed by atoms with E-state index in [4.69, 9.17) is 4.74 Å². The lowest BCUT2D eigenvalue weighted by atomic mass is 9.99. The number of piperazine rings is 1. The summed E-state index contributed by atoms with van der Waals surface area (Å²) in [5, 5.41) is 9.56. The van der Waals surface area contributed by atoms with Gasteiger partial charge in [-0.15, -0.1) is 0 Å². The lowest BCUT2D eigenvalue weighted by Gasteiger charge is -2.46. The Morgan fingerprint density at radius 2 is 1.89 bits per heavy atom. The van der Waals surface area contributed by atoms with Gasteiger partial charge in [0.2, 0.25) is 0 Å².